The van der Waals surface area contributed by atoms with Crippen molar-refractivity contribution in [3.05, 3.63) is 24.3 Å². The molecule has 0 saturated carbocycles. The Kier molecular flexibility index (Phi) is 1.78. The van der Waals surface area contributed by atoms with E-state index in [-0.39, 0.29) is 0 Å². The number of alkyl halides is 1. The van der Waals surface area contributed by atoms with Crippen LogP contribution in [0.2, 0.25) is 0 Å². The maximum Gasteiger partial charge on any atom is 0.248 e. The molecular formula is C7H6FNO. The van der Waals surface area contributed by atoms with Crippen LogP contribution in [0.1, 0.15) is 6.42 Å². The topological polar surface area (TPSA) is 29.4 Å². The Balaban J connectivity index is 2.85. The Morgan fingerprint density at radius 2 is 2.10 bits per heavy atom. The monoisotopic (exact) mass is 139 g/mol. The van der Waals surface area contributed by atoms with Crippen LogP contribution in [-0.2, 0) is 4.79 Å². The molecule has 0 amide bonds. The summed E-state index contributed by atoms with van der Waals surface area (Å²) in [5, 5.41) is 0. The van der Waals surface area contributed by atoms with E-state index in [1.165, 1.54) is 18.2 Å². The summed E-state index contributed by atoms with van der Waals surface area (Å²) >= 11 is 0. The zero-order valence-corrected chi connectivity index (χ0v) is 5.25. The van der Waals surface area contributed by atoms with Gasteiger partial charge in [0.15, 0.2) is 0 Å². The van der Waals surface area contributed by atoms with Crippen molar-refractivity contribution in [1.29, 1.82) is 0 Å². The highest BCUT2D eigenvalue weighted by atomic mass is 19.1. The molecule has 0 atom stereocenters. The smallest absolute Gasteiger partial charge is 0.211 e. The number of rotatable bonds is 1. The molecule has 0 fully saturated rings. The van der Waals surface area contributed by atoms with E-state index >= 15 is 0 Å². The minimum atomic E-state index is -1.93. The van der Waals surface area contributed by atoms with Crippen LogP contribution in [0.15, 0.2) is 29.3 Å². The highest BCUT2D eigenvalue weighted by molar-refractivity contribution is 5.37. The molecule has 0 spiro atoms. The van der Waals surface area contributed by atoms with Crippen molar-refractivity contribution in [2.75, 3.05) is 0 Å². The van der Waals surface area contributed by atoms with Gasteiger partial charge in [-0.05, 0) is 18.6 Å². The molecule has 0 N–H and O–H groups in total. The van der Waals surface area contributed by atoms with Crippen LogP contribution in [0.25, 0.3) is 0 Å². The number of aliphatic imine (C=N–C) groups is 1. The molecule has 52 valence electrons. The number of halogens is 1. The third-order valence-electron chi connectivity index (χ3n) is 1.19. The second kappa shape index (κ2) is 2.58. The van der Waals surface area contributed by atoms with Crippen LogP contribution < -0.4 is 0 Å². The van der Waals surface area contributed by atoms with E-state index in [1.54, 1.807) is 12.2 Å². The highest BCUT2D eigenvalue weighted by Gasteiger charge is 2.21. The number of carbonyl (C=O) groups excluding carboxylic acids is 1. The number of isocyanates is 1. The van der Waals surface area contributed by atoms with Crippen molar-refractivity contribution in [3.8, 4) is 0 Å². The number of hydrogen-bond acceptors (Lipinski definition) is 2. The predicted molar refractivity (Wildman–Crippen MR) is 34.9 cm³/mol. The number of nitrogens with zero attached hydrogens (tertiary/aromatic N) is 1. The SMILES string of the molecule is O=C=NC1(F)C=CCC=C1. The molecule has 0 saturated heterocycles. The quantitative estimate of drug-likeness (QED) is 0.234. The van der Waals surface area contributed by atoms with E-state index in [9.17, 15) is 9.18 Å². The molecule has 2 nitrogen and oxygen atoms in total. The van der Waals surface area contributed by atoms with Gasteiger partial charge in [0.25, 0.3) is 0 Å². The standard InChI is InChI=1S/C7H6FNO/c8-7(9-6-10)4-2-1-3-5-7/h2-5H,1H2. The van der Waals surface area contributed by atoms with Crippen LogP contribution in [0.5, 0.6) is 0 Å². The first-order chi connectivity index (χ1) is 4.77. The number of hydrogen-bond donors (Lipinski definition) is 0. The van der Waals surface area contributed by atoms with Crippen molar-refractivity contribution in [3.63, 3.8) is 0 Å². The van der Waals surface area contributed by atoms with Gasteiger partial charge in [0.1, 0.15) is 0 Å². The summed E-state index contributed by atoms with van der Waals surface area (Å²) in [7, 11) is 0. The van der Waals surface area contributed by atoms with Crippen LogP contribution in [0.4, 0.5) is 4.39 Å². The van der Waals surface area contributed by atoms with Gasteiger partial charge in [-0.3, -0.25) is 0 Å². The molecule has 1 aliphatic carbocycles. The fourth-order valence-corrected chi connectivity index (χ4v) is 0.745. The summed E-state index contributed by atoms with van der Waals surface area (Å²) in [4.78, 5) is 12.6. The molecule has 0 aromatic rings. The van der Waals surface area contributed by atoms with Gasteiger partial charge in [-0.15, -0.1) is 0 Å². The summed E-state index contributed by atoms with van der Waals surface area (Å²) in [6, 6.07) is 0. The fraction of sp³-hybridized carbons (Fsp3) is 0.286. The van der Waals surface area contributed by atoms with E-state index in [4.69, 9.17) is 0 Å². The highest BCUT2D eigenvalue weighted by Crippen LogP contribution is 2.20. The van der Waals surface area contributed by atoms with Crippen molar-refractivity contribution in [2.45, 2.75) is 12.2 Å². The van der Waals surface area contributed by atoms with Crippen LogP contribution in [-0.4, -0.2) is 11.9 Å². The van der Waals surface area contributed by atoms with Gasteiger partial charge in [-0.25, -0.2) is 9.18 Å². The lowest BCUT2D eigenvalue weighted by atomic mass is 10.1. The Morgan fingerprint density at radius 1 is 1.50 bits per heavy atom. The van der Waals surface area contributed by atoms with E-state index in [2.05, 4.69) is 4.99 Å². The van der Waals surface area contributed by atoms with Crippen molar-refractivity contribution < 1.29 is 9.18 Å². The molecular weight excluding hydrogens is 133 g/mol. The van der Waals surface area contributed by atoms with Crippen molar-refractivity contribution in [1.82, 2.24) is 0 Å². The second-order valence-corrected chi connectivity index (χ2v) is 1.97. The molecule has 0 aliphatic heterocycles. The van der Waals surface area contributed by atoms with Crippen LogP contribution >= 0.6 is 0 Å². The van der Waals surface area contributed by atoms with Crippen LogP contribution in [0.3, 0.4) is 0 Å². The van der Waals surface area contributed by atoms with E-state index in [1.807, 2.05) is 0 Å². The second-order valence-electron chi connectivity index (χ2n) is 1.97. The molecule has 1 aliphatic rings. The maximum absolute atomic E-state index is 13.0. The van der Waals surface area contributed by atoms with Crippen molar-refractivity contribution >= 4 is 6.08 Å². The first-order valence-corrected chi connectivity index (χ1v) is 2.90. The fourth-order valence-electron chi connectivity index (χ4n) is 0.745. The van der Waals surface area contributed by atoms with Gasteiger partial charge in [0, 0.05) is 0 Å². The molecule has 0 heterocycles. The summed E-state index contributed by atoms with van der Waals surface area (Å²) in [6.45, 7) is 0. The van der Waals surface area contributed by atoms with E-state index in [0.29, 0.717) is 6.42 Å². The van der Waals surface area contributed by atoms with Crippen molar-refractivity contribution in [2.24, 2.45) is 4.99 Å². The van der Waals surface area contributed by atoms with Gasteiger partial charge in [-0.2, -0.15) is 4.99 Å². The molecule has 0 aromatic carbocycles. The zero-order valence-electron chi connectivity index (χ0n) is 5.25. The summed E-state index contributed by atoms with van der Waals surface area (Å²) in [5.41, 5.74) is 0. The van der Waals surface area contributed by atoms with Gasteiger partial charge in [0.2, 0.25) is 11.9 Å². The lowest BCUT2D eigenvalue weighted by Gasteiger charge is -2.10. The number of allylic oxidation sites excluding steroid dienone is 2. The normalized spacial score (nSPS) is 20.1. The largest absolute Gasteiger partial charge is 0.248 e. The van der Waals surface area contributed by atoms with Gasteiger partial charge in [0.05, 0.1) is 0 Å². The lowest BCUT2D eigenvalue weighted by Crippen LogP contribution is -2.13. The van der Waals surface area contributed by atoms with E-state index in [0.717, 1.165) is 0 Å². The van der Waals surface area contributed by atoms with Gasteiger partial charge >= 0.3 is 0 Å². The Labute approximate surface area is 57.8 Å². The summed E-state index contributed by atoms with van der Waals surface area (Å²) in [6.07, 6.45) is 7.56. The summed E-state index contributed by atoms with van der Waals surface area (Å²) < 4.78 is 13.0. The molecule has 0 unspecified atom stereocenters. The lowest BCUT2D eigenvalue weighted by molar-refractivity contribution is 0.308. The molecule has 10 heavy (non-hydrogen) atoms. The zero-order chi connectivity index (χ0) is 7.45. The van der Waals surface area contributed by atoms with Crippen LogP contribution in [0, 0.1) is 0 Å². The first kappa shape index (κ1) is 6.90. The molecule has 0 radical (unpaired) electrons. The predicted octanol–water partition coefficient (Wildman–Crippen LogP) is 1.50. The average molecular weight is 139 g/mol. The minimum absolute atomic E-state index is 0.694. The molecule has 3 heteroatoms. The molecule has 1 rings (SSSR count). The third-order valence-corrected chi connectivity index (χ3v) is 1.19. The third kappa shape index (κ3) is 1.39. The van der Waals surface area contributed by atoms with Gasteiger partial charge < -0.3 is 0 Å². The summed E-state index contributed by atoms with van der Waals surface area (Å²) in [5.74, 6) is -1.93. The molecule has 0 bridgehead atoms. The van der Waals surface area contributed by atoms with E-state index < -0.39 is 5.79 Å². The van der Waals surface area contributed by atoms with Gasteiger partial charge in [-0.1, -0.05) is 12.2 Å². The first-order valence-electron chi connectivity index (χ1n) is 2.90. The minimum Gasteiger partial charge on any atom is -0.211 e. The Morgan fingerprint density at radius 3 is 2.60 bits per heavy atom. The molecule has 0 aromatic heterocycles. The Bertz CT molecular complexity index is 214. The maximum atomic E-state index is 13.0. The Hall–Kier alpha value is -1.21. The average Bonchev–Trinajstić information content (AvgIpc) is 1.89.